The second kappa shape index (κ2) is 5.29. The van der Waals surface area contributed by atoms with Crippen molar-refractivity contribution in [2.75, 3.05) is 5.73 Å². The Labute approximate surface area is 120 Å². The minimum Gasteiger partial charge on any atom is -0.398 e. The highest BCUT2D eigenvalue weighted by molar-refractivity contribution is 7.90. The van der Waals surface area contributed by atoms with E-state index < -0.39 is 9.84 Å². The Morgan fingerprint density at radius 3 is 2.15 bits per heavy atom. The van der Waals surface area contributed by atoms with Crippen molar-refractivity contribution in [1.82, 2.24) is 0 Å². The van der Waals surface area contributed by atoms with Crippen LogP contribution in [0.3, 0.4) is 0 Å². The lowest BCUT2D eigenvalue weighted by Crippen LogP contribution is -2.10. The lowest BCUT2D eigenvalue weighted by Gasteiger charge is -2.12. The van der Waals surface area contributed by atoms with Crippen molar-refractivity contribution < 1.29 is 8.42 Å². The van der Waals surface area contributed by atoms with E-state index in [0.717, 1.165) is 22.3 Å². The number of rotatable bonds is 3. The first-order chi connectivity index (χ1) is 9.31. The van der Waals surface area contributed by atoms with E-state index >= 15 is 0 Å². The summed E-state index contributed by atoms with van der Waals surface area (Å²) in [5.74, 6) is -0.0151. The molecule has 0 heterocycles. The topological polar surface area (TPSA) is 60.2 Å². The average Bonchev–Trinajstić information content (AvgIpc) is 2.33. The molecule has 0 radical (unpaired) electrons. The second-order valence-corrected chi connectivity index (χ2v) is 7.13. The van der Waals surface area contributed by atoms with Crippen LogP contribution in [0, 0.1) is 20.8 Å². The molecule has 4 heteroatoms. The molecule has 0 aliphatic carbocycles. The average molecular weight is 289 g/mol. The quantitative estimate of drug-likeness (QED) is 0.883. The Hall–Kier alpha value is -1.81. The van der Waals surface area contributed by atoms with E-state index in [1.807, 2.05) is 39.0 Å². The van der Waals surface area contributed by atoms with Gasteiger partial charge in [-0.15, -0.1) is 0 Å². The van der Waals surface area contributed by atoms with E-state index in [4.69, 9.17) is 5.73 Å². The highest BCUT2D eigenvalue weighted by Gasteiger charge is 2.20. The number of sulfone groups is 1. The lowest BCUT2D eigenvalue weighted by molar-refractivity contribution is 0.595. The fourth-order valence-corrected chi connectivity index (χ4v) is 3.98. The maximum atomic E-state index is 12.6. The number of hydrogen-bond donors (Lipinski definition) is 1. The molecule has 20 heavy (non-hydrogen) atoms. The molecule has 0 atom stereocenters. The van der Waals surface area contributed by atoms with Gasteiger partial charge in [0, 0.05) is 0 Å². The molecule has 2 aromatic carbocycles. The zero-order chi connectivity index (χ0) is 14.9. The summed E-state index contributed by atoms with van der Waals surface area (Å²) in [7, 11) is -3.43. The Kier molecular flexibility index (Phi) is 3.86. The Morgan fingerprint density at radius 1 is 1.00 bits per heavy atom. The largest absolute Gasteiger partial charge is 0.398 e. The number of nitrogen functional groups attached to an aromatic ring is 1. The number of aryl methyl sites for hydroxylation is 3. The Balaban J connectivity index is 2.46. The molecular weight excluding hydrogens is 270 g/mol. The third-order valence-corrected chi connectivity index (χ3v) is 5.19. The van der Waals surface area contributed by atoms with Crippen LogP contribution < -0.4 is 5.73 Å². The molecule has 0 bridgehead atoms. The van der Waals surface area contributed by atoms with E-state index in [9.17, 15) is 8.42 Å². The SMILES string of the molecule is Cc1ccc(S(=O)(=O)Cc2c(C)cccc2C)c(N)c1. The number of nitrogens with two attached hydrogens (primary N) is 1. The van der Waals surface area contributed by atoms with Gasteiger partial charge in [0.05, 0.1) is 16.3 Å². The third-order valence-electron chi connectivity index (χ3n) is 3.48. The molecule has 0 unspecified atom stereocenters. The van der Waals surface area contributed by atoms with Crippen LogP contribution in [0.2, 0.25) is 0 Å². The van der Waals surface area contributed by atoms with Gasteiger partial charge in [0.25, 0.3) is 0 Å². The lowest BCUT2D eigenvalue weighted by atomic mass is 10.1. The van der Waals surface area contributed by atoms with Crippen LogP contribution in [-0.2, 0) is 15.6 Å². The molecule has 2 N–H and O–H groups in total. The summed E-state index contributed by atoms with van der Waals surface area (Å²) >= 11 is 0. The van der Waals surface area contributed by atoms with Crippen molar-refractivity contribution >= 4 is 15.5 Å². The smallest absolute Gasteiger partial charge is 0.184 e. The number of hydrogen-bond acceptors (Lipinski definition) is 3. The van der Waals surface area contributed by atoms with Crippen LogP contribution in [-0.4, -0.2) is 8.42 Å². The molecule has 2 aromatic rings. The van der Waals surface area contributed by atoms with Crippen LogP contribution in [0.5, 0.6) is 0 Å². The normalized spacial score (nSPS) is 11.6. The van der Waals surface area contributed by atoms with Crippen molar-refractivity contribution in [3.05, 3.63) is 58.7 Å². The van der Waals surface area contributed by atoms with E-state index in [2.05, 4.69) is 0 Å². The van der Waals surface area contributed by atoms with Crippen molar-refractivity contribution in [2.45, 2.75) is 31.4 Å². The van der Waals surface area contributed by atoms with Gasteiger partial charge in [-0.25, -0.2) is 8.42 Å². The first-order valence-electron chi connectivity index (χ1n) is 6.45. The molecule has 0 amide bonds. The summed E-state index contributed by atoms with van der Waals surface area (Å²) in [5.41, 5.74) is 9.95. The Bertz CT molecular complexity index is 729. The van der Waals surface area contributed by atoms with Gasteiger partial charge in [-0.1, -0.05) is 24.3 Å². The number of anilines is 1. The van der Waals surface area contributed by atoms with E-state index in [1.54, 1.807) is 18.2 Å². The molecule has 2 rings (SSSR count). The van der Waals surface area contributed by atoms with Crippen LogP contribution in [0.25, 0.3) is 0 Å². The fraction of sp³-hybridized carbons (Fsp3) is 0.250. The number of benzene rings is 2. The van der Waals surface area contributed by atoms with Crippen molar-refractivity contribution in [1.29, 1.82) is 0 Å². The van der Waals surface area contributed by atoms with Gasteiger partial charge >= 0.3 is 0 Å². The summed E-state index contributed by atoms with van der Waals surface area (Å²) in [5, 5.41) is 0. The summed E-state index contributed by atoms with van der Waals surface area (Å²) in [6.07, 6.45) is 0. The molecule has 0 fully saturated rings. The van der Waals surface area contributed by atoms with Crippen molar-refractivity contribution in [2.24, 2.45) is 0 Å². The van der Waals surface area contributed by atoms with Gasteiger partial charge < -0.3 is 5.73 Å². The van der Waals surface area contributed by atoms with Crippen LogP contribution in [0.1, 0.15) is 22.3 Å². The summed E-state index contributed by atoms with van der Waals surface area (Å²) < 4.78 is 25.1. The molecule has 0 aromatic heterocycles. The maximum Gasteiger partial charge on any atom is 0.184 e. The van der Waals surface area contributed by atoms with Gasteiger partial charge in [0.2, 0.25) is 0 Å². The van der Waals surface area contributed by atoms with Gasteiger partial charge in [-0.05, 0) is 55.2 Å². The first kappa shape index (κ1) is 14.6. The van der Waals surface area contributed by atoms with Crippen LogP contribution >= 0.6 is 0 Å². The summed E-state index contributed by atoms with van der Waals surface area (Å²) in [4.78, 5) is 0.214. The molecule has 106 valence electrons. The van der Waals surface area contributed by atoms with E-state index in [0.29, 0.717) is 5.69 Å². The summed E-state index contributed by atoms with van der Waals surface area (Å²) in [6, 6.07) is 10.8. The highest BCUT2D eigenvalue weighted by Crippen LogP contribution is 2.25. The highest BCUT2D eigenvalue weighted by atomic mass is 32.2. The van der Waals surface area contributed by atoms with Gasteiger partial charge in [-0.3, -0.25) is 0 Å². The van der Waals surface area contributed by atoms with Gasteiger partial charge in [0.15, 0.2) is 9.84 Å². The third kappa shape index (κ3) is 2.85. The molecule has 0 saturated carbocycles. The predicted molar refractivity (Wildman–Crippen MR) is 82.4 cm³/mol. The maximum absolute atomic E-state index is 12.6. The summed E-state index contributed by atoms with van der Waals surface area (Å²) in [6.45, 7) is 5.74. The van der Waals surface area contributed by atoms with Gasteiger partial charge in [0.1, 0.15) is 0 Å². The van der Waals surface area contributed by atoms with Crippen molar-refractivity contribution in [3.8, 4) is 0 Å². The minimum absolute atomic E-state index is 0.0151. The van der Waals surface area contributed by atoms with Crippen LogP contribution in [0.15, 0.2) is 41.3 Å². The minimum atomic E-state index is -3.43. The molecule has 0 saturated heterocycles. The van der Waals surface area contributed by atoms with E-state index in [1.165, 1.54) is 0 Å². The molecule has 0 spiro atoms. The predicted octanol–water partition coefficient (Wildman–Crippen LogP) is 3.17. The first-order valence-corrected chi connectivity index (χ1v) is 8.10. The Morgan fingerprint density at radius 2 is 1.60 bits per heavy atom. The van der Waals surface area contributed by atoms with Crippen molar-refractivity contribution in [3.63, 3.8) is 0 Å². The molecule has 0 aliphatic rings. The second-order valence-electron chi connectivity index (χ2n) is 5.17. The zero-order valence-corrected chi connectivity index (χ0v) is 12.8. The monoisotopic (exact) mass is 289 g/mol. The van der Waals surface area contributed by atoms with E-state index in [-0.39, 0.29) is 10.6 Å². The fourth-order valence-electron chi connectivity index (χ4n) is 2.30. The van der Waals surface area contributed by atoms with Gasteiger partial charge in [-0.2, -0.15) is 0 Å². The van der Waals surface area contributed by atoms with Crippen LogP contribution in [0.4, 0.5) is 5.69 Å². The molecular formula is C16H19NO2S. The standard InChI is InChI=1S/C16H19NO2S/c1-11-7-8-16(15(17)9-11)20(18,19)10-14-12(2)5-4-6-13(14)3/h4-9H,10,17H2,1-3H3. The molecule has 3 nitrogen and oxygen atoms in total. The molecule has 0 aliphatic heterocycles. The zero-order valence-electron chi connectivity index (χ0n) is 12.0.